The number of nitrogens with zero attached hydrogens (tertiary/aromatic N) is 2. The van der Waals surface area contributed by atoms with Gasteiger partial charge in [-0.05, 0) is 32.6 Å². The van der Waals surface area contributed by atoms with Gasteiger partial charge in [-0.3, -0.25) is 9.00 Å². The average Bonchev–Trinajstić information content (AvgIpc) is 3.05. The summed E-state index contributed by atoms with van der Waals surface area (Å²) >= 11 is 0. The monoisotopic (exact) mass is 357 g/mol. The van der Waals surface area contributed by atoms with Gasteiger partial charge in [0.05, 0.1) is 5.92 Å². The fourth-order valence-corrected chi connectivity index (χ4v) is 4.56. The van der Waals surface area contributed by atoms with Gasteiger partial charge in [-0.1, -0.05) is 12.8 Å². The van der Waals surface area contributed by atoms with Crippen LogP contribution in [0.1, 0.15) is 45.4 Å². The first-order valence-corrected chi connectivity index (χ1v) is 10.7. The molecular weight excluding hydrogens is 326 g/mol. The molecule has 0 spiro atoms. The molecule has 7 heteroatoms. The summed E-state index contributed by atoms with van der Waals surface area (Å²) in [4.78, 5) is 28.6. The molecule has 1 aliphatic carbocycles. The molecule has 1 saturated heterocycles. The van der Waals surface area contributed by atoms with Gasteiger partial charge in [-0.15, -0.1) is 0 Å². The third kappa shape index (κ3) is 5.19. The molecule has 1 aliphatic heterocycles. The lowest BCUT2D eigenvalue weighted by Gasteiger charge is -2.36. The number of piperidine rings is 1. The van der Waals surface area contributed by atoms with Crippen molar-refractivity contribution >= 4 is 22.7 Å². The molecule has 0 bridgehead atoms. The molecule has 1 heterocycles. The van der Waals surface area contributed by atoms with Gasteiger partial charge in [0, 0.05) is 55.0 Å². The van der Waals surface area contributed by atoms with Crippen molar-refractivity contribution in [2.24, 2.45) is 5.92 Å². The van der Waals surface area contributed by atoms with E-state index < -0.39 is 10.8 Å². The molecular formula is C17H31N3O3S. The summed E-state index contributed by atoms with van der Waals surface area (Å²) in [5, 5.41) is 3.11. The molecule has 0 aromatic rings. The van der Waals surface area contributed by atoms with Crippen LogP contribution in [0.15, 0.2) is 0 Å². The molecule has 24 heavy (non-hydrogen) atoms. The Morgan fingerprint density at radius 2 is 1.92 bits per heavy atom. The molecule has 0 aromatic heterocycles. The van der Waals surface area contributed by atoms with Crippen LogP contribution in [0.5, 0.6) is 0 Å². The van der Waals surface area contributed by atoms with Gasteiger partial charge in [0.1, 0.15) is 0 Å². The van der Waals surface area contributed by atoms with Crippen molar-refractivity contribution in [2.45, 2.75) is 57.5 Å². The number of amides is 3. The number of rotatable bonds is 5. The molecule has 138 valence electrons. The highest BCUT2D eigenvalue weighted by Gasteiger charge is 2.32. The van der Waals surface area contributed by atoms with E-state index in [4.69, 9.17) is 0 Å². The molecule has 1 saturated carbocycles. The van der Waals surface area contributed by atoms with Gasteiger partial charge in [-0.25, -0.2) is 4.79 Å². The first kappa shape index (κ1) is 19.2. The van der Waals surface area contributed by atoms with Crippen molar-refractivity contribution in [1.82, 2.24) is 15.1 Å². The number of hydrogen-bond donors (Lipinski definition) is 1. The zero-order chi connectivity index (χ0) is 17.7. The predicted molar refractivity (Wildman–Crippen MR) is 96.3 cm³/mol. The molecule has 2 fully saturated rings. The van der Waals surface area contributed by atoms with Crippen LogP contribution in [0.3, 0.4) is 0 Å². The summed E-state index contributed by atoms with van der Waals surface area (Å²) in [5.41, 5.74) is 0. The van der Waals surface area contributed by atoms with Crippen LogP contribution in [0.4, 0.5) is 4.79 Å². The third-order valence-corrected chi connectivity index (χ3v) is 6.18. The van der Waals surface area contributed by atoms with Gasteiger partial charge in [0.25, 0.3) is 0 Å². The molecule has 0 unspecified atom stereocenters. The maximum Gasteiger partial charge on any atom is 0.317 e. The lowest BCUT2D eigenvalue weighted by atomic mass is 9.96. The zero-order valence-electron chi connectivity index (χ0n) is 15.1. The first-order chi connectivity index (χ1) is 11.4. The maximum atomic E-state index is 12.7. The van der Waals surface area contributed by atoms with Crippen LogP contribution in [-0.2, 0) is 15.6 Å². The minimum absolute atomic E-state index is 0.0234. The Labute approximate surface area is 147 Å². The van der Waals surface area contributed by atoms with E-state index in [1.165, 1.54) is 12.8 Å². The lowest BCUT2D eigenvalue weighted by Crippen LogP contribution is -2.52. The van der Waals surface area contributed by atoms with Crippen molar-refractivity contribution in [2.75, 3.05) is 32.1 Å². The molecule has 3 amide bonds. The summed E-state index contributed by atoms with van der Waals surface area (Å²) in [6, 6.07) is 0.228. The van der Waals surface area contributed by atoms with E-state index in [1.54, 1.807) is 23.1 Å². The Bertz CT molecular complexity index is 480. The summed E-state index contributed by atoms with van der Waals surface area (Å²) in [6.45, 7) is 3.14. The summed E-state index contributed by atoms with van der Waals surface area (Å²) < 4.78 is 11.4. The minimum atomic E-state index is -0.924. The highest BCUT2D eigenvalue weighted by Crippen LogP contribution is 2.21. The Kier molecular flexibility index (Phi) is 7.07. The van der Waals surface area contributed by atoms with Crippen LogP contribution in [0.2, 0.25) is 0 Å². The van der Waals surface area contributed by atoms with E-state index in [-0.39, 0.29) is 23.9 Å². The van der Waals surface area contributed by atoms with Gasteiger partial charge in [0.15, 0.2) is 0 Å². The van der Waals surface area contributed by atoms with Gasteiger partial charge < -0.3 is 15.1 Å². The Hall–Kier alpha value is -1.11. The second-order valence-corrected chi connectivity index (χ2v) is 8.73. The molecule has 2 rings (SSSR count). The summed E-state index contributed by atoms with van der Waals surface area (Å²) in [6.07, 6.45) is 7.84. The molecule has 1 N–H and O–H groups in total. The topological polar surface area (TPSA) is 69.7 Å². The summed E-state index contributed by atoms with van der Waals surface area (Å²) in [7, 11) is 0.852. The van der Waals surface area contributed by atoms with Crippen molar-refractivity contribution < 1.29 is 13.8 Å². The molecule has 0 aromatic carbocycles. The van der Waals surface area contributed by atoms with Crippen molar-refractivity contribution in [3.63, 3.8) is 0 Å². The second-order valence-electron chi connectivity index (χ2n) is 7.25. The third-order valence-electron chi connectivity index (χ3n) is 5.23. The standard InChI is InChI=1S/C17H31N3O3S/c1-13(12-24(3)23)19(2)16(21)14-7-6-10-20(11-14)17(22)18-15-8-4-5-9-15/h13-15H,4-12H2,1-3H3,(H,18,22)/t13-,14+,24-/m1/s1. The number of urea groups is 1. The SMILES string of the molecule is C[C@H](C[S@@](C)=O)N(C)C(=O)[C@H]1CCCN(C(=O)NC2CCCC2)C1. The smallest absolute Gasteiger partial charge is 0.317 e. The number of nitrogens with one attached hydrogen (secondary N) is 1. The molecule has 0 radical (unpaired) electrons. The lowest BCUT2D eigenvalue weighted by molar-refractivity contribution is -0.137. The van der Waals surface area contributed by atoms with Crippen LogP contribution < -0.4 is 5.32 Å². The van der Waals surface area contributed by atoms with E-state index in [9.17, 15) is 13.8 Å². The normalized spacial score (nSPS) is 24.5. The zero-order valence-corrected chi connectivity index (χ0v) is 15.9. The molecule has 2 aliphatic rings. The second kappa shape index (κ2) is 8.83. The fourth-order valence-electron chi connectivity index (χ4n) is 3.66. The van der Waals surface area contributed by atoms with Gasteiger partial charge >= 0.3 is 6.03 Å². The highest BCUT2D eigenvalue weighted by molar-refractivity contribution is 7.84. The van der Waals surface area contributed by atoms with Crippen molar-refractivity contribution in [1.29, 1.82) is 0 Å². The van der Waals surface area contributed by atoms with E-state index in [1.807, 2.05) is 6.92 Å². The number of likely N-dealkylation sites (tertiary alicyclic amines) is 1. The van der Waals surface area contributed by atoms with Crippen LogP contribution in [-0.4, -0.2) is 70.2 Å². The highest BCUT2D eigenvalue weighted by atomic mass is 32.2. The average molecular weight is 358 g/mol. The van der Waals surface area contributed by atoms with Crippen LogP contribution >= 0.6 is 0 Å². The Balaban J connectivity index is 1.87. The maximum absolute atomic E-state index is 12.7. The van der Waals surface area contributed by atoms with Crippen LogP contribution in [0.25, 0.3) is 0 Å². The molecule has 6 nitrogen and oxygen atoms in total. The first-order valence-electron chi connectivity index (χ1n) is 9.00. The Morgan fingerprint density at radius 1 is 1.25 bits per heavy atom. The van der Waals surface area contributed by atoms with Crippen molar-refractivity contribution in [3.05, 3.63) is 0 Å². The van der Waals surface area contributed by atoms with Gasteiger partial charge in [-0.2, -0.15) is 0 Å². The summed E-state index contributed by atoms with van der Waals surface area (Å²) in [5.74, 6) is 0.401. The van der Waals surface area contributed by atoms with Crippen LogP contribution in [0, 0.1) is 5.92 Å². The number of carbonyl (C=O) groups excluding carboxylic acids is 2. The molecule has 3 atom stereocenters. The Morgan fingerprint density at radius 3 is 2.54 bits per heavy atom. The number of hydrogen-bond acceptors (Lipinski definition) is 3. The number of carbonyl (C=O) groups is 2. The van der Waals surface area contributed by atoms with E-state index in [0.29, 0.717) is 18.3 Å². The quantitative estimate of drug-likeness (QED) is 0.812. The van der Waals surface area contributed by atoms with E-state index >= 15 is 0 Å². The largest absolute Gasteiger partial charge is 0.342 e. The fraction of sp³-hybridized carbons (Fsp3) is 0.882. The van der Waals surface area contributed by atoms with Crippen molar-refractivity contribution in [3.8, 4) is 0 Å². The van der Waals surface area contributed by atoms with Gasteiger partial charge in [0.2, 0.25) is 5.91 Å². The minimum Gasteiger partial charge on any atom is -0.342 e. The van der Waals surface area contributed by atoms with E-state index in [0.717, 1.165) is 32.2 Å². The predicted octanol–water partition coefficient (Wildman–Crippen LogP) is 1.58. The van der Waals surface area contributed by atoms with E-state index in [2.05, 4.69) is 5.32 Å².